The molecular formula is C14H22N4O5. The van der Waals surface area contributed by atoms with Crippen LogP contribution in [0.15, 0.2) is 17.1 Å². The molecule has 0 aliphatic carbocycles. The molecule has 1 aromatic rings. The van der Waals surface area contributed by atoms with Crippen molar-refractivity contribution in [1.82, 2.24) is 15.1 Å². The first-order valence-corrected chi connectivity index (χ1v) is 7.62. The lowest BCUT2D eigenvalue weighted by Crippen LogP contribution is -2.38. The minimum atomic E-state index is -1.83. The second kappa shape index (κ2) is 7.93. The Morgan fingerprint density at radius 1 is 1.35 bits per heavy atom. The Balaban J connectivity index is 0.000000433. The number of hydrogen-bond acceptors (Lipinski definition) is 6. The van der Waals surface area contributed by atoms with E-state index in [4.69, 9.17) is 15.0 Å². The van der Waals surface area contributed by atoms with Crippen molar-refractivity contribution in [2.45, 2.75) is 31.4 Å². The highest BCUT2D eigenvalue weighted by molar-refractivity contribution is 5.53. The monoisotopic (exact) mass is 326 g/mol. The number of β-amino-alcohol motifs (C(OH)–C–C–N with tert-alkyl or cyclic N) is 1. The number of rotatable bonds is 2. The lowest BCUT2D eigenvalue weighted by molar-refractivity contribution is 0.137. The molecule has 0 aromatic carbocycles. The largest absolute Gasteiger partial charge is 0.503 e. The summed E-state index contributed by atoms with van der Waals surface area (Å²) in [5.74, 6) is 0. The molecule has 0 spiro atoms. The van der Waals surface area contributed by atoms with Crippen molar-refractivity contribution in [2.24, 2.45) is 0 Å². The maximum Gasteiger partial charge on any atom is 0.503 e. The summed E-state index contributed by atoms with van der Waals surface area (Å²) in [7, 11) is 0. The van der Waals surface area contributed by atoms with Crippen LogP contribution in [0.25, 0.3) is 0 Å². The van der Waals surface area contributed by atoms with Gasteiger partial charge in [-0.1, -0.05) is 0 Å². The molecule has 0 radical (unpaired) electrons. The van der Waals surface area contributed by atoms with Crippen LogP contribution in [0.4, 0.5) is 10.5 Å². The van der Waals surface area contributed by atoms with Crippen LogP contribution in [0.5, 0.6) is 0 Å². The first-order valence-electron chi connectivity index (χ1n) is 7.62. The lowest BCUT2D eigenvalue weighted by atomic mass is 10.1. The summed E-state index contributed by atoms with van der Waals surface area (Å²) < 4.78 is 1.59. The van der Waals surface area contributed by atoms with E-state index < -0.39 is 6.16 Å². The molecule has 1 unspecified atom stereocenters. The lowest BCUT2D eigenvalue weighted by Gasteiger charge is -2.24. The van der Waals surface area contributed by atoms with Gasteiger partial charge in [0, 0.05) is 25.7 Å². The number of nitrogens with one attached hydrogen (secondary N) is 1. The van der Waals surface area contributed by atoms with E-state index in [1.54, 1.807) is 16.9 Å². The third-order valence-electron chi connectivity index (χ3n) is 3.96. The van der Waals surface area contributed by atoms with Gasteiger partial charge in [-0.2, -0.15) is 5.10 Å². The van der Waals surface area contributed by atoms with E-state index in [2.05, 4.69) is 10.4 Å². The number of carboxylic acid groups (broad SMARTS) is 2. The highest BCUT2D eigenvalue weighted by atomic mass is 16.6. The zero-order chi connectivity index (χ0) is 16.8. The number of aliphatic hydroxyl groups excluding tert-OH is 1. The van der Waals surface area contributed by atoms with Gasteiger partial charge in [0.05, 0.1) is 24.0 Å². The van der Waals surface area contributed by atoms with Crippen molar-refractivity contribution < 1.29 is 20.1 Å². The van der Waals surface area contributed by atoms with Crippen molar-refractivity contribution in [2.75, 3.05) is 31.1 Å². The Bertz CT molecular complexity index is 581. The van der Waals surface area contributed by atoms with E-state index in [-0.39, 0.29) is 17.7 Å². The normalized spacial score (nSPS) is 24.0. The summed E-state index contributed by atoms with van der Waals surface area (Å²) >= 11 is 0. The summed E-state index contributed by atoms with van der Waals surface area (Å²) in [5.41, 5.74) is 0.772. The molecule has 2 saturated heterocycles. The number of nitrogens with zero attached hydrogens (tertiary/aromatic N) is 3. The molecule has 128 valence electrons. The molecular weight excluding hydrogens is 304 g/mol. The van der Waals surface area contributed by atoms with Gasteiger partial charge < -0.3 is 25.5 Å². The summed E-state index contributed by atoms with van der Waals surface area (Å²) in [6.45, 7) is 3.22. The van der Waals surface area contributed by atoms with Gasteiger partial charge in [-0.25, -0.2) is 9.48 Å². The van der Waals surface area contributed by atoms with Gasteiger partial charge in [-0.3, -0.25) is 4.79 Å². The van der Waals surface area contributed by atoms with Gasteiger partial charge in [0.1, 0.15) is 0 Å². The maximum absolute atomic E-state index is 12.2. The quantitative estimate of drug-likeness (QED) is 0.596. The third kappa shape index (κ3) is 4.93. The molecule has 9 nitrogen and oxygen atoms in total. The van der Waals surface area contributed by atoms with E-state index in [1.807, 2.05) is 4.90 Å². The fourth-order valence-corrected chi connectivity index (χ4v) is 2.87. The Hall–Kier alpha value is -2.13. The van der Waals surface area contributed by atoms with Crippen LogP contribution in [0.3, 0.4) is 0 Å². The predicted molar refractivity (Wildman–Crippen MR) is 83.1 cm³/mol. The molecule has 2 fully saturated rings. The molecule has 1 aromatic heterocycles. The molecule has 0 amide bonds. The SMILES string of the molecule is O=C(O)O.O=c1cc(N2CC[C@H](O)C2)cnn1C1CCCNC1. The van der Waals surface area contributed by atoms with Crippen LogP contribution in [0.2, 0.25) is 0 Å². The highest BCUT2D eigenvalue weighted by Gasteiger charge is 2.22. The fourth-order valence-electron chi connectivity index (χ4n) is 2.87. The van der Waals surface area contributed by atoms with E-state index in [0.717, 1.165) is 44.6 Å². The molecule has 0 bridgehead atoms. The molecule has 3 rings (SSSR count). The first-order chi connectivity index (χ1) is 11.0. The number of carbonyl (C=O) groups is 1. The average Bonchev–Trinajstić information content (AvgIpc) is 2.94. The van der Waals surface area contributed by atoms with E-state index >= 15 is 0 Å². The smallest absolute Gasteiger partial charge is 0.450 e. The molecule has 0 saturated carbocycles. The summed E-state index contributed by atoms with van der Waals surface area (Å²) in [6, 6.07) is 1.80. The number of anilines is 1. The van der Waals surface area contributed by atoms with Crippen molar-refractivity contribution in [1.29, 1.82) is 0 Å². The number of piperidine rings is 1. The van der Waals surface area contributed by atoms with Crippen molar-refractivity contribution >= 4 is 11.8 Å². The maximum atomic E-state index is 12.2. The molecule has 3 heterocycles. The van der Waals surface area contributed by atoms with Crippen LogP contribution >= 0.6 is 0 Å². The minimum Gasteiger partial charge on any atom is -0.450 e. The van der Waals surface area contributed by atoms with Gasteiger partial charge >= 0.3 is 6.16 Å². The molecule has 9 heteroatoms. The second-order valence-electron chi connectivity index (χ2n) is 5.67. The summed E-state index contributed by atoms with van der Waals surface area (Å²) in [6.07, 6.45) is 2.47. The topological polar surface area (TPSA) is 128 Å². The van der Waals surface area contributed by atoms with Crippen LogP contribution < -0.4 is 15.8 Å². The molecule has 4 N–H and O–H groups in total. The van der Waals surface area contributed by atoms with Gasteiger partial charge in [0.25, 0.3) is 5.56 Å². The fraction of sp³-hybridized carbons (Fsp3) is 0.643. The average molecular weight is 326 g/mol. The molecule has 2 atom stereocenters. The van der Waals surface area contributed by atoms with Gasteiger partial charge in [0.15, 0.2) is 0 Å². The first kappa shape index (κ1) is 17.2. The zero-order valence-corrected chi connectivity index (χ0v) is 12.8. The predicted octanol–water partition coefficient (Wildman–Crippen LogP) is -0.0388. The Kier molecular flexibility index (Phi) is 5.94. The standard InChI is InChI=1S/C13H20N4O2.CH2O3/c18-12-3-5-16(9-12)11-6-13(19)17(15-8-11)10-2-1-4-14-7-10;2-1(3)4/h6,8,10,12,14,18H,1-5,7,9H2;(H2,2,3,4)/t10?,12-;/m0./s1. The molecule has 2 aliphatic heterocycles. The zero-order valence-electron chi connectivity index (χ0n) is 12.8. The summed E-state index contributed by atoms with van der Waals surface area (Å²) in [5, 5.41) is 31.1. The van der Waals surface area contributed by atoms with E-state index in [1.165, 1.54) is 0 Å². The van der Waals surface area contributed by atoms with Crippen molar-refractivity contribution in [3.8, 4) is 0 Å². The Labute approximate surface area is 133 Å². The third-order valence-corrected chi connectivity index (χ3v) is 3.96. The highest BCUT2D eigenvalue weighted by Crippen LogP contribution is 2.19. The van der Waals surface area contributed by atoms with Gasteiger partial charge in [0.2, 0.25) is 0 Å². The second-order valence-corrected chi connectivity index (χ2v) is 5.67. The van der Waals surface area contributed by atoms with Crippen molar-refractivity contribution in [3.63, 3.8) is 0 Å². The summed E-state index contributed by atoms with van der Waals surface area (Å²) in [4.78, 5) is 22.7. The molecule has 23 heavy (non-hydrogen) atoms. The number of hydrogen-bond donors (Lipinski definition) is 4. The number of aliphatic hydroxyl groups is 1. The molecule has 2 aliphatic rings. The Morgan fingerprint density at radius 3 is 2.61 bits per heavy atom. The van der Waals surface area contributed by atoms with Crippen molar-refractivity contribution in [3.05, 3.63) is 22.6 Å². The van der Waals surface area contributed by atoms with Crippen LogP contribution in [-0.2, 0) is 0 Å². The van der Waals surface area contributed by atoms with E-state index in [9.17, 15) is 9.90 Å². The van der Waals surface area contributed by atoms with Gasteiger partial charge in [-0.05, 0) is 25.8 Å². The van der Waals surface area contributed by atoms with E-state index in [0.29, 0.717) is 6.54 Å². The number of aromatic nitrogens is 2. The van der Waals surface area contributed by atoms with Crippen LogP contribution in [-0.4, -0.2) is 63.5 Å². The van der Waals surface area contributed by atoms with Crippen LogP contribution in [0, 0.1) is 0 Å². The van der Waals surface area contributed by atoms with Crippen LogP contribution in [0.1, 0.15) is 25.3 Å². The van der Waals surface area contributed by atoms with Gasteiger partial charge in [-0.15, -0.1) is 0 Å². The Morgan fingerprint density at radius 2 is 2.09 bits per heavy atom. The minimum absolute atomic E-state index is 0.0485.